The van der Waals surface area contributed by atoms with E-state index in [0.717, 1.165) is 31.6 Å². The van der Waals surface area contributed by atoms with Gasteiger partial charge in [-0.1, -0.05) is 97.5 Å². The molecule has 8 heteroatoms. The third kappa shape index (κ3) is 7.09. The first-order valence-corrected chi connectivity index (χ1v) is 16.6. The van der Waals surface area contributed by atoms with Crippen LogP contribution >= 0.6 is 23.5 Å². The standard InChI is InChI=1S/C38H31N3O3S2/c1-2-33(38(44)41-31-20-9-11-22-34(31)46-35-23-12-10-21-32(35)41)45-29-19-13-18-28(25-29)39-37(43)30(24-26-14-5-3-6-15-26)40-36(42)27-16-7-4-8-17-27/h3-25,33H,2H2,1H3,(H,39,43)(H,40,42)/b30-24+. The Morgan fingerprint density at radius 1 is 0.761 bits per heavy atom. The minimum absolute atomic E-state index is 0.00107. The molecule has 0 fully saturated rings. The average Bonchev–Trinajstić information content (AvgIpc) is 3.10. The van der Waals surface area contributed by atoms with Gasteiger partial charge in [-0.05, 0) is 72.7 Å². The fourth-order valence-corrected chi connectivity index (χ4v) is 7.17. The second kappa shape index (κ2) is 14.4. The Bertz CT molecular complexity index is 1870. The summed E-state index contributed by atoms with van der Waals surface area (Å²) in [5.74, 6) is -0.845. The predicted octanol–water partition coefficient (Wildman–Crippen LogP) is 8.80. The van der Waals surface area contributed by atoms with E-state index in [-0.39, 0.29) is 22.8 Å². The number of nitrogens with zero attached hydrogens (tertiary/aromatic N) is 1. The fourth-order valence-electron chi connectivity index (χ4n) is 5.06. The molecule has 2 N–H and O–H groups in total. The van der Waals surface area contributed by atoms with E-state index in [9.17, 15) is 14.4 Å². The van der Waals surface area contributed by atoms with Crippen LogP contribution in [0.2, 0.25) is 0 Å². The van der Waals surface area contributed by atoms with Crippen molar-refractivity contribution in [3.05, 3.63) is 150 Å². The Morgan fingerprint density at radius 2 is 1.37 bits per heavy atom. The molecule has 6 nitrogen and oxygen atoms in total. The van der Waals surface area contributed by atoms with Gasteiger partial charge >= 0.3 is 0 Å². The van der Waals surface area contributed by atoms with E-state index < -0.39 is 5.91 Å². The van der Waals surface area contributed by atoms with Gasteiger partial charge in [-0.3, -0.25) is 19.3 Å². The number of anilines is 3. The summed E-state index contributed by atoms with van der Waals surface area (Å²) in [4.78, 5) is 45.5. The van der Waals surface area contributed by atoms with Gasteiger partial charge in [0.05, 0.1) is 16.6 Å². The van der Waals surface area contributed by atoms with E-state index in [2.05, 4.69) is 10.6 Å². The van der Waals surface area contributed by atoms with Crippen LogP contribution in [-0.2, 0) is 9.59 Å². The second-order valence-electron chi connectivity index (χ2n) is 10.5. The van der Waals surface area contributed by atoms with Crippen molar-refractivity contribution in [2.24, 2.45) is 0 Å². The molecule has 0 radical (unpaired) electrons. The molecule has 1 aliphatic heterocycles. The van der Waals surface area contributed by atoms with E-state index in [4.69, 9.17) is 0 Å². The lowest BCUT2D eigenvalue weighted by Crippen LogP contribution is -2.35. The minimum Gasteiger partial charge on any atom is -0.321 e. The zero-order valence-corrected chi connectivity index (χ0v) is 26.7. The fraction of sp³-hybridized carbons (Fsp3) is 0.0789. The Morgan fingerprint density at radius 3 is 2.02 bits per heavy atom. The Hall–Kier alpha value is -5.05. The van der Waals surface area contributed by atoms with Crippen molar-refractivity contribution in [3.8, 4) is 0 Å². The summed E-state index contributed by atoms with van der Waals surface area (Å²) in [6, 6.07) is 41.5. The molecule has 1 heterocycles. The molecule has 228 valence electrons. The lowest BCUT2D eigenvalue weighted by Gasteiger charge is -2.33. The van der Waals surface area contributed by atoms with Gasteiger partial charge in [-0.25, -0.2) is 0 Å². The van der Waals surface area contributed by atoms with Crippen LogP contribution in [0.25, 0.3) is 6.08 Å². The van der Waals surface area contributed by atoms with Crippen molar-refractivity contribution in [1.82, 2.24) is 5.32 Å². The number of carbonyl (C=O) groups is 3. The number of rotatable bonds is 9. The lowest BCUT2D eigenvalue weighted by molar-refractivity contribution is -0.117. The summed E-state index contributed by atoms with van der Waals surface area (Å²) < 4.78 is 0. The highest BCUT2D eigenvalue weighted by molar-refractivity contribution is 8.00. The van der Waals surface area contributed by atoms with Gasteiger partial charge in [0.25, 0.3) is 11.8 Å². The average molecular weight is 642 g/mol. The van der Waals surface area contributed by atoms with Gasteiger partial charge in [-0.2, -0.15) is 0 Å². The Balaban J connectivity index is 1.22. The van der Waals surface area contributed by atoms with Crippen LogP contribution < -0.4 is 15.5 Å². The summed E-state index contributed by atoms with van der Waals surface area (Å²) >= 11 is 3.13. The third-order valence-corrected chi connectivity index (χ3v) is 9.78. The highest BCUT2D eigenvalue weighted by Gasteiger charge is 2.32. The first-order chi connectivity index (χ1) is 22.5. The van der Waals surface area contributed by atoms with E-state index in [1.54, 1.807) is 48.2 Å². The normalized spacial score (nSPS) is 12.8. The highest BCUT2D eigenvalue weighted by atomic mass is 32.2. The molecular weight excluding hydrogens is 611 g/mol. The van der Waals surface area contributed by atoms with E-state index >= 15 is 0 Å². The number of fused-ring (bicyclic) bond motifs is 2. The number of amides is 3. The molecule has 0 aromatic heterocycles. The number of benzene rings is 5. The largest absolute Gasteiger partial charge is 0.321 e. The van der Waals surface area contributed by atoms with Gasteiger partial charge in [0.2, 0.25) is 5.91 Å². The molecule has 3 amide bonds. The first kappa shape index (κ1) is 31.0. The summed E-state index contributed by atoms with van der Waals surface area (Å²) in [6.07, 6.45) is 2.26. The van der Waals surface area contributed by atoms with E-state index in [1.165, 1.54) is 11.8 Å². The number of carbonyl (C=O) groups excluding carboxylic acids is 3. The molecule has 0 saturated carbocycles. The van der Waals surface area contributed by atoms with E-state index in [1.807, 2.05) is 115 Å². The van der Waals surface area contributed by atoms with Crippen LogP contribution in [0, 0.1) is 0 Å². The monoisotopic (exact) mass is 641 g/mol. The molecule has 1 aliphatic rings. The quantitative estimate of drug-likeness (QED) is 0.124. The molecule has 6 rings (SSSR count). The van der Waals surface area contributed by atoms with Crippen LogP contribution in [0.3, 0.4) is 0 Å². The first-order valence-electron chi connectivity index (χ1n) is 14.9. The molecule has 0 aliphatic carbocycles. The van der Waals surface area contributed by atoms with Crippen molar-refractivity contribution in [2.45, 2.75) is 33.3 Å². The highest BCUT2D eigenvalue weighted by Crippen LogP contribution is 2.48. The SMILES string of the molecule is CCC(Sc1cccc(NC(=O)/C(=C\c2ccccc2)NC(=O)c2ccccc2)c1)C(=O)N1c2ccccc2Sc2ccccc21. The summed E-state index contributed by atoms with van der Waals surface area (Å²) in [5, 5.41) is 5.35. The molecule has 1 atom stereocenters. The number of thioether (sulfide) groups is 1. The molecule has 0 spiro atoms. The Labute approximate surface area is 276 Å². The number of para-hydroxylation sites is 2. The van der Waals surface area contributed by atoms with Crippen molar-refractivity contribution < 1.29 is 14.4 Å². The molecular formula is C38H31N3O3S2. The summed E-state index contributed by atoms with van der Waals surface area (Å²) in [5.41, 5.74) is 3.64. The zero-order chi connectivity index (χ0) is 31.9. The number of hydrogen-bond acceptors (Lipinski definition) is 5. The smallest absolute Gasteiger partial charge is 0.272 e. The van der Waals surface area contributed by atoms with Crippen molar-refractivity contribution in [2.75, 3.05) is 10.2 Å². The summed E-state index contributed by atoms with van der Waals surface area (Å²) in [7, 11) is 0. The molecule has 0 saturated heterocycles. The van der Waals surface area contributed by atoms with E-state index in [0.29, 0.717) is 17.7 Å². The van der Waals surface area contributed by atoms with Gasteiger partial charge in [0.15, 0.2) is 0 Å². The number of hydrogen-bond donors (Lipinski definition) is 2. The second-order valence-corrected chi connectivity index (χ2v) is 12.9. The summed E-state index contributed by atoms with van der Waals surface area (Å²) in [6.45, 7) is 2.01. The number of nitrogens with one attached hydrogen (secondary N) is 2. The van der Waals surface area contributed by atoms with Gasteiger partial charge in [-0.15, -0.1) is 11.8 Å². The predicted molar refractivity (Wildman–Crippen MR) is 187 cm³/mol. The minimum atomic E-state index is -0.461. The van der Waals surface area contributed by atoms with Crippen molar-refractivity contribution in [1.29, 1.82) is 0 Å². The van der Waals surface area contributed by atoms with Gasteiger partial charge in [0, 0.05) is 25.9 Å². The van der Waals surface area contributed by atoms with Crippen LogP contribution in [0.5, 0.6) is 0 Å². The van der Waals surface area contributed by atoms with Gasteiger partial charge in [0.1, 0.15) is 5.70 Å². The van der Waals surface area contributed by atoms with Crippen LogP contribution in [0.15, 0.2) is 154 Å². The molecule has 1 unspecified atom stereocenters. The maximum Gasteiger partial charge on any atom is 0.272 e. The van der Waals surface area contributed by atoms with Crippen LogP contribution in [0.1, 0.15) is 29.3 Å². The maximum atomic E-state index is 14.2. The third-order valence-electron chi connectivity index (χ3n) is 7.31. The van der Waals surface area contributed by atoms with Gasteiger partial charge < -0.3 is 10.6 Å². The molecule has 0 bridgehead atoms. The zero-order valence-electron chi connectivity index (χ0n) is 25.1. The van der Waals surface area contributed by atoms with Crippen molar-refractivity contribution in [3.63, 3.8) is 0 Å². The van der Waals surface area contributed by atoms with Crippen LogP contribution in [0.4, 0.5) is 17.1 Å². The molecule has 46 heavy (non-hydrogen) atoms. The lowest BCUT2D eigenvalue weighted by atomic mass is 10.1. The topological polar surface area (TPSA) is 78.5 Å². The molecule has 5 aromatic carbocycles. The molecule has 5 aromatic rings. The Kier molecular flexibility index (Phi) is 9.67. The maximum absolute atomic E-state index is 14.2. The van der Waals surface area contributed by atoms with Crippen LogP contribution in [-0.4, -0.2) is 23.0 Å². The van der Waals surface area contributed by atoms with Crippen molar-refractivity contribution >= 4 is 64.4 Å².